The smallest absolute Gasteiger partial charge is 0.329 e. The van der Waals surface area contributed by atoms with Crippen LogP contribution in [0.3, 0.4) is 0 Å². The highest BCUT2D eigenvalue weighted by Crippen LogP contribution is 2.28. The van der Waals surface area contributed by atoms with E-state index in [4.69, 9.17) is 4.74 Å². The number of urea groups is 1. The molecule has 2 N–H and O–H groups in total. The molecule has 3 rings (SSSR count). The van der Waals surface area contributed by atoms with Crippen LogP contribution in [0.2, 0.25) is 0 Å². The van der Waals surface area contributed by atoms with Crippen molar-refractivity contribution in [3.63, 3.8) is 0 Å². The summed E-state index contributed by atoms with van der Waals surface area (Å²) < 4.78 is 6.57. The Balaban J connectivity index is 1.69. The molecule has 0 aliphatic carbocycles. The molecule has 0 saturated carbocycles. The van der Waals surface area contributed by atoms with Crippen molar-refractivity contribution in [2.24, 2.45) is 0 Å². The molecule has 32 heavy (non-hydrogen) atoms. The van der Waals surface area contributed by atoms with Crippen LogP contribution in [0.5, 0.6) is 5.75 Å². The van der Waals surface area contributed by atoms with Crippen molar-refractivity contribution in [3.8, 4) is 5.75 Å². The third-order valence-corrected chi connectivity index (χ3v) is 5.73. The molecule has 1 saturated heterocycles. The first-order valence-electron chi connectivity index (χ1n) is 10.5. The molecule has 2 aromatic rings. The Hall–Kier alpha value is -3.13. The van der Waals surface area contributed by atoms with Gasteiger partial charge in [0.1, 0.15) is 18.0 Å². The second-order valence-electron chi connectivity index (χ2n) is 7.46. The lowest BCUT2D eigenvalue weighted by Gasteiger charge is -2.14. The van der Waals surface area contributed by atoms with Crippen molar-refractivity contribution in [3.05, 3.63) is 63.8 Å². The number of amides is 4. The minimum Gasteiger partial charge on any atom is -0.490 e. The Kier molecular flexibility index (Phi) is 7.69. The van der Waals surface area contributed by atoms with Crippen molar-refractivity contribution in [2.75, 3.05) is 11.9 Å². The molecule has 0 aromatic heterocycles. The highest BCUT2D eigenvalue weighted by molar-refractivity contribution is 9.10. The molecule has 1 aliphatic rings. The van der Waals surface area contributed by atoms with E-state index < -0.39 is 17.8 Å². The standard InChI is InChI=1S/C24H26BrN3O4/c1-4-15(3)32-21-11-10-16(12-18(21)25)13-20-23(30)28(24(31)27-20)14-22(29)26-19-9-7-6-8-17(19)5-2/h6-13,15H,4-5,14H2,1-3H3,(H,26,29)(H,27,31)/b20-13+/t15-/m0/s1. The molecule has 2 aromatic carbocycles. The first-order chi connectivity index (χ1) is 15.3. The predicted octanol–water partition coefficient (Wildman–Crippen LogP) is 4.72. The molecular formula is C24H26BrN3O4. The summed E-state index contributed by atoms with van der Waals surface area (Å²) in [6, 6.07) is 12.2. The molecule has 8 heteroatoms. The van der Waals surface area contributed by atoms with E-state index in [2.05, 4.69) is 26.6 Å². The SMILES string of the molecule is CCc1ccccc1NC(=O)CN1C(=O)N/C(=C/c2ccc(O[C@@H](C)CC)c(Br)c2)C1=O. The zero-order valence-electron chi connectivity index (χ0n) is 18.3. The van der Waals surface area contributed by atoms with Crippen LogP contribution in [0, 0.1) is 0 Å². The number of carbonyl (C=O) groups is 3. The van der Waals surface area contributed by atoms with Gasteiger partial charge in [-0.2, -0.15) is 0 Å². The van der Waals surface area contributed by atoms with Gasteiger partial charge in [0.25, 0.3) is 5.91 Å². The average molecular weight is 500 g/mol. The van der Waals surface area contributed by atoms with E-state index in [1.54, 1.807) is 30.3 Å². The normalized spacial score (nSPS) is 15.6. The summed E-state index contributed by atoms with van der Waals surface area (Å²) in [4.78, 5) is 38.4. The summed E-state index contributed by atoms with van der Waals surface area (Å²) in [5, 5.41) is 5.32. The molecule has 7 nitrogen and oxygen atoms in total. The maximum atomic E-state index is 12.7. The van der Waals surface area contributed by atoms with E-state index in [1.807, 2.05) is 39.0 Å². The quantitative estimate of drug-likeness (QED) is 0.406. The predicted molar refractivity (Wildman–Crippen MR) is 127 cm³/mol. The van der Waals surface area contributed by atoms with E-state index in [1.165, 1.54) is 0 Å². The van der Waals surface area contributed by atoms with Crippen LogP contribution < -0.4 is 15.4 Å². The van der Waals surface area contributed by atoms with Crippen LogP contribution in [0.25, 0.3) is 6.08 Å². The Morgan fingerprint density at radius 2 is 1.97 bits per heavy atom. The minimum absolute atomic E-state index is 0.0789. The number of ether oxygens (including phenoxy) is 1. The van der Waals surface area contributed by atoms with Crippen molar-refractivity contribution in [1.29, 1.82) is 0 Å². The number of nitrogens with one attached hydrogen (secondary N) is 2. The van der Waals surface area contributed by atoms with Gasteiger partial charge in [-0.3, -0.25) is 9.59 Å². The molecule has 168 valence electrons. The zero-order chi connectivity index (χ0) is 23.3. The average Bonchev–Trinajstić information content (AvgIpc) is 3.03. The maximum Gasteiger partial charge on any atom is 0.329 e. The van der Waals surface area contributed by atoms with E-state index in [0.29, 0.717) is 17.0 Å². The molecule has 0 spiro atoms. The number of aryl methyl sites for hydroxylation is 1. The molecule has 1 atom stereocenters. The second kappa shape index (κ2) is 10.5. The summed E-state index contributed by atoms with van der Waals surface area (Å²) in [5.74, 6) is -0.288. The lowest BCUT2D eigenvalue weighted by molar-refractivity contribution is -0.127. The number of anilines is 1. The third kappa shape index (κ3) is 5.56. The number of imide groups is 1. The molecule has 1 fully saturated rings. The Labute approximate surface area is 195 Å². The van der Waals surface area contributed by atoms with E-state index >= 15 is 0 Å². The highest BCUT2D eigenvalue weighted by Gasteiger charge is 2.35. The van der Waals surface area contributed by atoms with Crippen molar-refractivity contribution >= 4 is 45.5 Å². The van der Waals surface area contributed by atoms with Crippen LogP contribution >= 0.6 is 15.9 Å². The highest BCUT2D eigenvalue weighted by atomic mass is 79.9. The molecule has 1 aliphatic heterocycles. The van der Waals surface area contributed by atoms with Crippen molar-refractivity contribution in [1.82, 2.24) is 10.2 Å². The maximum absolute atomic E-state index is 12.7. The van der Waals surface area contributed by atoms with Gasteiger partial charge in [-0.15, -0.1) is 0 Å². The molecule has 0 radical (unpaired) electrons. The fraction of sp³-hybridized carbons (Fsp3) is 0.292. The van der Waals surface area contributed by atoms with Crippen LogP contribution in [0.15, 0.2) is 52.6 Å². The van der Waals surface area contributed by atoms with Crippen molar-refractivity contribution < 1.29 is 19.1 Å². The van der Waals surface area contributed by atoms with Crippen LogP contribution in [-0.2, 0) is 16.0 Å². The number of rotatable bonds is 8. The number of para-hydroxylation sites is 1. The van der Waals surface area contributed by atoms with Crippen molar-refractivity contribution in [2.45, 2.75) is 39.7 Å². The van der Waals surface area contributed by atoms with Gasteiger partial charge in [-0.05, 0) is 71.1 Å². The number of hydrogen-bond donors (Lipinski definition) is 2. The first kappa shape index (κ1) is 23.5. The van der Waals surface area contributed by atoms with Gasteiger partial charge in [-0.25, -0.2) is 9.69 Å². The molecule has 0 unspecified atom stereocenters. The lowest BCUT2D eigenvalue weighted by Crippen LogP contribution is -2.38. The van der Waals surface area contributed by atoms with Gasteiger partial charge < -0.3 is 15.4 Å². The number of benzene rings is 2. The lowest BCUT2D eigenvalue weighted by atomic mass is 10.1. The van der Waals surface area contributed by atoms with Crippen LogP contribution in [0.1, 0.15) is 38.3 Å². The Bertz CT molecular complexity index is 1070. The first-order valence-corrected chi connectivity index (χ1v) is 11.3. The minimum atomic E-state index is -0.629. The van der Waals surface area contributed by atoms with Gasteiger partial charge >= 0.3 is 6.03 Å². The summed E-state index contributed by atoms with van der Waals surface area (Å²) in [6.45, 7) is 5.65. The summed E-state index contributed by atoms with van der Waals surface area (Å²) in [6.07, 6.45) is 3.28. The number of carbonyl (C=O) groups excluding carboxylic acids is 3. The fourth-order valence-corrected chi connectivity index (χ4v) is 3.66. The monoisotopic (exact) mass is 499 g/mol. The van der Waals surface area contributed by atoms with E-state index in [9.17, 15) is 14.4 Å². The zero-order valence-corrected chi connectivity index (χ0v) is 19.9. The Morgan fingerprint density at radius 3 is 2.66 bits per heavy atom. The molecule has 0 bridgehead atoms. The van der Waals surface area contributed by atoms with Crippen LogP contribution in [0.4, 0.5) is 10.5 Å². The number of nitrogens with zero attached hydrogens (tertiary/aromatic N) is 1. The van der Waals surface area contributed by atoms with Gasteiger partial charge in [0.15, 0.2) is 0 Å². The fourth-order valence-electron chi connectivity index (χ4n) is 3.17. The summed E-state index contributed by atoms with van der Waals surface area (Å²) >= 11 is 3.48. The summed E-state index contributed by atoms with van der Waals surface area (Å²) in [7, 11) is 0. The molecular weight excluding hydrogens is 474 g/mol. The van der Waals surface area contributed by atoms with Gasteiger partial charge in [0, 0.05) is 5.69 Å². The summed E-state index contributed by atoms with van der Waals surface area (Å²) in [5.41, 5.74) is 2.47. The Morgan fingerprint density at radius 1 is 1.22 bits per heavy atom. The largest absolute Gasteiger partial charge is 0.490 e. The molecule has 4 amide bonds. The number of halogens is 1. The van der Waals surface area contributed by atoms with Gasteiger partial charge in [-0.1, -0.05) is 38.1 Å². The van der Waals surface area contributed by atoms with Crippen LogP contribution in [-0.4, -0.2) is 35.4 Å². The van der Waals surface area contributed by atoms with E-state index in [0.717, 1.165) is 27.8 Å². The second-order valence-corrected chi connectivity index (χ2v) is 8.32. The number of hydrogen-bond acceptors (Lipinski definition) is 4. The topological polar surface area (TPSA) is 87.7 Å². The van der Waals surface area contributed by atoms with Gasteiger partial charge in [0.05, 0.1) is 10.6 Å². The van der Waals surface area contributed by atoms with Gasteiger partial charge in [0.2, 0.25) is 5.91 Å². The molecule has 1 heterocycles. The third-order valence-electron chi connectivity index (χ3n) is 5.11. The van der Waals surface area contributed by atoms with E-state index in [-0.39, 0.29) is 18.3 Å².